The SMILES string of the molecule is CC(C)(O)CNC(=O)c1nc(C(=O)N2CCC(F)CC2)c(-c2cnc(NC3CCCCC3)cc2C#N)s1. The van der Waals surface area contributed by atoms with E-state index in [1.165, 1.54) is 11.3 Å². The van der Waals surface area contributed by atoms with Crippen molar-refractivity contribution in [3.05, 3.63) is 28.5 Å². The molecule has 2 amide bonds. The van der Waals surface area contributed by atoms with Gasteiger partial charge in [-0.05, 0) is 45.6 Å². The van der Waals surface area contributed by atoms with Gasteiger partial charge < -0.3 is 20.6 Å². The van der Waals surface area contributed by atoms with Crippen LogP contribution in [0.1, 0.15) is 84.6 Å². The number of amides is 2. The van der Waals surface area contributed by atoms with E-state index in [1.54, 1.807) is 26.1 Å². The molecule has 0 bridgehead atoms. The number of alkyl halides is 1. The van der Waals surface area contributed by atoms with Crippen molar-refractivity contribution >= 4 is 29.0 Å². The van der Waals surface area contributed by atoms with Gasteiger partial charge in [-0.3, -0.25) is 9.59 Å². The van der Waals surface area contributed by atoms with Crippen LogP contribution < -0.4 is 10.6 Å². The normalized spacial score (nSPS) is 17.3. The minimum absolute atomic E-state index is 0.000569. The first-order chi connectivity index (χ1) is 17.6. The molecule has 0 atom stereocenters. The summed E-state index contributed by atoms with van der Waals surface area (Å²) < 4.78 is 13.7. The Morgan fingerprint density at radius 1 is 1.24 bits per heavy atom. The highest BCUT2D eigenvalue weighted by Crippen LogP contribution is 2.35. The lowest BCUT2D eigenvalue weighted by molar-refractivity contribution is 0.0660. The molecule has 37 heavy (non-hydrogen) atoms. The monoisotopic (exact) mass is 528 g/mol. The molecule has 0 aromatic carbocycles. The molecule has 3 N–H and O–H groups in total. The number of hydrogen-bond donors (Lipinski definition) is 3. The Bertz CT molecular complexity index is 1170. The van der Waals surface area contributed by atoms with Crippen LogP contribution in [0.5, 0.6) is 0 Å². The van der Waals surface area contributed by atoms with Crippen molar-refractivity contribution in [1.82, 2.24) is 20.2 Å². The van der Waals surface area contributed by atoms with Crippen molar-refractivity contribution in [2.24, 2.45) is 0 Å². The lowest BCUT2D eigenvalue weighted by atomic mass is 9.95. The van der Waals surface area contributed by atoms with E-state index in [0.29, 0.717) is 27.9 Å². The Morgan fingerprint density at radius 3 is 2.59 bits per heavy atom. The zero-order valence-electron chi connectivity index (χ0n) is 21.2. The van der Waals surface area contributed by atoms with Gasteiger partial charge in [0, 0.05) is 37.4 Å². The maximum absolute atomic E-state index is 13.7. The number of aliphatic hydroxyl groups is 1. The van der Waals surface area contributed by atoms with Crippen molar-refractivity contribution in [2.75, 3.05) is 25.0 Å². The van der Waals surface area contributed by atoms with Crippen LogP contribution in [0.4, 0.5) is 10.2 Å². The summed E-state index contributed by atoms with van der Waals surface area (Å²) in [5, 5.41) is 26.0. The molecule has 0 spiro atoms. The molecular formula is C26H33FN6O3S. The van der Waals surface area contributed by atoms with Crippen LogP contribution >= 0.6 is 11.3 Å². The predicted molar refractivity (Wildman–Crippen MR) is 139 cm³/mol. The molecule has 0 radical (unpaired) electrons. The van der Waals surface area contributed by atoms with Crippen LogP contribution in [0.3, 0.4) is 0 Å². The summed E-state index contributed by atoms with van der Waals surface area (Å²) in [5.41, 5.74) is -0.345. The fraction of sp³-hybridized carbons (Fsp3) is 0.577. The van der Waals surface area contributed by atoms with E-state index >= 15 is 0 Å². The third kappa shape index (κ3) is 6.81. The number of nitrogens with zero attached hydrogens (tertiary/aromatic N) is 4. The second-order valence-corrected chi connectivity index (χ2v) is 11.4. The quantitative estimate of drug-likeness (QED) is 0.497. The van der Waals surface area contributed by atoms with E-state index in [-0.39, 0.29) is 43.2 Å². The summed E-state index contributed by atoms with van der Waals surface area (Å²) in [4.78, 5) is 37.0. The van der Waals surface area contributed by atoms with Crippen LogP contribution in [-0.4, -0.2) is 69.2 Å². The number of rotatable bonds is 7. The number of halogens is 1. The van der Waals surface area contributed by atoms with Gasteiger partial charge in [0.25, 0.3) is 11.8 Å². The second kappa shape index (κ2) is 11.5. The van der Waals surface area contributed by atoms with Gasteiger partial charge in [0.15, 0.2) is 5.01 Å². The molecule has 1 aliphatic heterocycles. The molecule has 2 fully saturated rings. The molecule has 2 aliphatic rings. The van der Waals surface area contributed by atoms with Gasteiger partial charge >= 0.3 is 0 Å². The summed E-state index contributed by atoms with van der Waals surface area (Å²) in [6, 6.07) is 4.17. The maximum atomic E-state index is 13.7. The standard InChI is InChI=1S/C26H33FN6O3S/c1-26(2,36)15-30-23(34)24-32-21(25(35)33-10-8-17(27)9-11-33)22(37-24)19-14-29-20(12-16(19)13-28)31-18-6-4-3-5-7-18/h12,14,17-18,36H,3-11,15H2,1-2H3,(H,29,31)(H,30,34). The first-order valence-corrected chi connectivity index (χ1v) is 13.6. The Labute approximate surface area is 220 Å². The number of piperidine rings is 1. The van der Waals surface area contributed by atoms with Crippen molar-refractivity contribution in [3.63, 3.8) is 0 Å². The van der Waals surface area contributed by atoms with Crippen LogP contribution in [0, 0.1) is 11.3 Å². The summed E-state index contributed by atoms with van der Waals surface area (Å²) in [5.74, 6) is -0.345. The zero-order valence-corrected chi connectivity index (χ0v) is 22.0. The number of thiazole rings is 1. The average Bonchev–Trinajstić information content (AvgIpc) is 3.33. The number of carbonyl (C=O) groups is 2. The summed E-state index contributed by atoms with van der Waals surface area (Å²) in [6.07, 6.45) is 6.74. The Morgan fingerprint density at radius 2 is 1.95 bits per heavy atom. The largest absolute Gasteiger partial charge is 0.389 e. The van der Waals surface area contributed by atoms with Gasteiger partial charge in [-0.1, -0.05) is 19.3 Å². The number of nitriles is 1. The summed E-state index contributed by atoms with van der Waals surface area (Å²) in [7, 11) is 0. The number of pyridine rings is 1. The molecule has 0 unspecified atom stereocenters. The van der Waals surface area contributed by atoms with Gasteiger partial charge in [-0.2, -0.15) is 5.26 Å². The van der Waals surface area contributed by atoms with E-state index < -0.39 is 23.6 Å². The number of aromatic nitrogens is 2. The third-order valence-corrected chi connectivity index (χ3v) is 7.73. The minimum Gasteiger partial charge on any atom is -0.389 e. The van der Waals surface area contributed by atoms with E-state index in [1.807, 2.05) is 0 Å². The number of likely N-dealkylation sites (tertiary alicyclic amines) is 1. The first-order valence-electron chi connectivity index (χ1n) is 12.8. The fourth-order valence-electron chi connectivity index (χ4n) is 4.58. The topological polar surface area (TPSA) is 131 Å². The highest BCUT2D eigenvalue weighted by Gasteiger charge is 2.30. The lowest BCUT2D eigenvalue weighted by Gasteiger charge is -2.28. The van der Waals surface area contributed by atoms with Crippen LogP contribution in [-0.2, 0) is 0 Å². The van der Waals surface area contributed by atoms with E-state index in [4.69, 9.17) is 0 Å². The molecule has 9 nitrogen and oxygen atoms in total. The van der Waals surface area contributed by atoms with Gasteiger partial charge in [0.05, 0.1) is 22.1 Å². The Kier molecular flexibility index (Phi) is 8.39. The number of anilines is 1. The number of hydrogen-bond acceptors (Lipinski definition) is 8. The van der Waals surface area contributed by atoms with Gasteiger partial charge in [0.1, 0.15) is 17.7 Å². The molecule has 1 saturated heterocycles. The lowest BCUT2D eigenvalue weighted by Crippen LogP contribution is -2.39. The molecule has 2 aromatic heterocycles. The van der Waals surface area contributed by atoms with Crippen molar-refractivity contribution < 1.29 is 19.1 Å². The summed E-state index contributed by atoms with van der Waals surface area (Å²) in [6.45, 7) is 3.64. The highest BCUT2D eigenvalue weighted by atomic mass is 32.1. The molecule has 1 aliphatic carbocycles. The molecule has 4 rings (SSSR count). The molecule has 11 heteroatoms. The number of nitrogens with one attached hydrogen (secondary N) is 2. The Hall–Kier alpha value is -3.10. The van der Waals surface area contributed by atoms with Gasteiger partial charge in [-0.25, -0.2) is 14.4 Å². The van der Waals surface area contributed by atoms with E-state index in [0.717, 1.165) is 37.0 Å². The Balaban J connectivity index is 1.67. The highest BCUT2D eigenvalue weighted by molar-refractivity contribution is 7.17. The van der Waals surface area contributed by atoms with E-state index in [9.17, 15) is 24.3 Å². The molecule has 1 saturated carbocycles. The smallest absolute Gasteiger partial charge is 0.280 e. The van der Waals surface area contributed by atoms with Crippen LogP contribution in [0.15, 0.2) is 12.3 Å². The van der Waals surface area contributed by atoms with Crippen molar-refractivity contribution in [3.8, 4) is 16.5 Å². The minimum atomic E-state index is -1.12. The van der Waals surface area contributed by atoms with Crippen LogP contribution in [0.2, 0.25) is 0 Å². The summed E-state index contributed by atoms with van der Waals surface area (Å²) >= 11 is 0.997. The fourth-order valence-corrected chi connectivity index (χ4v) is 5.58. The molecule has 2 aromatic rings. The zero-order chi connectivity index (χ0) is 26.6. The van der Waals surface area contributed by atoms with Crippen LogP contribution in [0.25, 0.3) is 10.4 Å². The first kappa shape index (κ1) is 26.9. The second-order valence-electron chi connectivity index (χ2n) is 10.4. The average molecular weight is 529 g/mol. The van der Waals surface area contributed by atoms with Crippen molar-refractivity contribution in [2.45, 2.75) is 76.6 Å². The predicted octanol–water partition coefficient (Wildman–Crippen LogP) is 3.90. The van der Waals surface area contributed by atoms with E-state index in [2.05, 4.69) is 26.7 Å². The van der Waals surface area contributed by atoms with Gasteiger partial charge in [-0.15, -0.1) is 11.3 Å². The number of carbonyl (C=O) groups excluding carboxylic acids is 2. The van der Waals surface area contributed by atoms with Crippen molar-refractivity contribution in [1.29, 1.82) is 5.26 Å². The maximum Gasteiger partial charge on any atom is 0.280 e. The van der Waals surface area contributed by atoms with Gasteiger partial charge in [0.2, 0.25) is 0 Å². The third-order valence-electron chi connectivity index (χ3n) is 6.64. The molecular weight excluding hydrogens is 495 g/mol. The molecule has 3 heterocycles. The molecule has 198 valence electrons.